The fourth-order valence-corrected chi connectivity index (χ4v) is 4.43. The molecule has 0 unspecified atom stereocenters. The summed E-state index contributed by atoms with van der Waals surface area (Å²) in [5, 5.41) is 12.0. The molecule has 1 amide bonds. The molecule has 210 valence electrons. The fourth-order valence-electron chi connectivity index (χ4n) is 4.43. The summed E-state index contributed by atoms with van der Waals surface area (Å²) in [4.78, 5) is 29.1. The van der Waals surface area contributed by atoms with Gasteiger partial charge in [-0.1, -0.05) is 12.1 Å². The number of amides is 1. The number of benzene rings is 3. The average molecular weight is 555 g/mol. The number of oxazole rings is 1. The summed E-state index contributed by atoms with van der Waals surface area (Å²) in [5.74, 6) is -3.46. The number of aryl methyl sites for hydroxylation is 1. The van der Waals surface area contributed by atoms with E-state index in [4.69, 9.17) is 18.6 Å². The smallest absolute Gasteiger partial charge is 0.326 e. The summed E-state index contributed by atoms with van der Waals surface area (Å²) in [6, 6.07) is 8.45. The van der Waals surface area contributed by atoms with E-state index in [0.717, 1.165) is 23.8 Å². The van der Waals surface area contributed by atoms with Crippen molar-refractivity contribution in [3.63, 3.8) is 0 Å². The number of carboxylic acid groups (broad SMARTS) is 1. The number of aromatic nitrogens is 1. The van der Waals surface area contributed by atoms with Gasteiger partial charge in [-0.25, -0.2) is 18.6 Å². The quantitative estimate of drug-likeness (QED) is 0.264. The number of carbonyl (C=O) groups is 2. The molecule has 0 bridgehead atoms. The second kappa shape index (κ2) is 12.1. The van der Waals surface area contributed by atoms with Crippen LogP contribution in [0, 0.1) is 18.6 Å². The SMILES string of the molecule is CCOCc1cc(OC)c(-c2ccc(C[C@H](NC(=O)c3c(F)cccc3F)C(=O)O)c3nc(C)oc23)c(OC)c1. The Hall–Kier alpha value is -4.51. The normalized spacial score (nSPS) is 11.8. The monoisotopic (exact) mass is 554 g/mol. The molecule has 0 aliphatic heterocycles. The number of fused-ring (bicyclic) bond motifs is 1. The molecular weight excluding hydrogens is 526 g/mol. The van der Waals surface area contributed by atoms with Crippen LogP contribution in [0.2, 0.25) is 0 Å². The molecule has 0 saturated carbocycles. The Bertz CT molecular complexity index is 1520. The minimum absolute atomic E-state index is 0.235. The van der Waals surface area contributed by atoms with Crippen molar-refractivity contribution in [2.75, 3.05) is 20.8 Å². The summed E-state index contributed by atoms with van der Waals surface area (Å²) in [5.41, 5.74) is 2.29. The zero-order valence-corrected chi connectivity index (χ0v) is 22.3. The molecule has 0 aliphatic carbocycles. The van der Waals surface area contributed by atoms with Gasteiger partial charge in [-0.3, -0.25) is 4.79 Å². The van der Waals surface area contributed by atoms with Gasteiger partial charge in [0.05, 0.1) is 26.4 Å². The second-order valence-electron chi connectivity index (χ2n) is 8.86. The standard InChI is InChI=1S/C29H28F2N2O7/c1-5-39-14-16-11-22(37-3)24(23(12-16)38-4)18-10-9-17(26-27(18)40-15(2)32-26)13-21(29(35)36)33-28(34)25-19(30)7-6-8-20(25)31/h6-12,21H,5,13-14H2,1-4H3,(H,33,34)(H,35,36)/t21-/m0/s1. The third-order valence-electron chi connectivity index (χ3n) is 6.26. The molecule has 3 aromatic carbocycles. The van der Waals surface area contributed by atoms with Gasteiger partial charge in [0.1, 0.15) is 40.3 Å². The molecule has 4 rings (SSSR count). The van der Waals surface area contributed by atoms with Crippen molar-refractivity contribution >= 4 is 23.0 Å². The molecule has 0 saturated heterocycles. The lowest BCUT2D eigenvalue weighted by Crippen LogP contribution is -2.43. The van der Waals surface area contributed by atoms with Crippen molar-refractivity contribution in [1.82, 2.24) is 10.3 Å². The zero-order chi connectivity index (χ0) is 29.0. The highest BCUT2D eigenvalue weighted by molar-refractivity contribution is 5.98. The first-order valence-electron chi connectivity index (χ1n) is 12.4. The van der Waals surface area contributed by atoms with Gasteiger partial charge in [0, 0.05) is 25.5 Å². The van der Waals surface area contributed by atoms with Crippen molar-refractivity contribution in [3.05, 3.63) is 76.7 Å². The van der Waals surface area contributed by atoms with Crippen LogP contribution in [-0.2, 0) is 22.6 Å². The topological polar surface area (TPSA) is 120 Å². The highest BCUT2D eigenvalue weighted by Crippen LogP contribution is 2.43. The summed E-state index contributed by atoms with van der Waals surface area (Å²) >= 11 is 0. The zero-order valence-electron chi connectivity index (χ0n) is 22.3. The number of nitrogens with one attached hydrogen (secondary N) is 1. The van der Waals surface area contributed by atoms with Gasteiger partial charge in [-0.05, 0) is 48.4 Å². The predicted octanol–water partition coefficient (Wildman–Crippen LogP) is 5.06. The highest BCUT2D eigenvalue weighted by Gasteiger charge is 2.27. The van der Waals surface area contributed by atoms with Crippen LogP contribution < -0.4 is 14.8 Å². The van der Waals surface area contributed by atoms with E-state index in [0.29, 0.717) is 58.4 Å². The Morgan fingerprint density at radius 1 is 1.07 bits per heavy atom. The van der Waals surface area contributed by atoms with Gasteiger partial charge < -0.3 is 29.1 Å². The number of carbonyl (C=O) groups excluding carboxylic acids is 1. The van der Waals surface area contributed by atoms with Crippen LogP contribution in [0.15, 0.2) is 46.9 Å². The second-order valence-corrected chi connectivity index (χ2v) is 8.86. The lowest BCUT2D eigenvalue weighted by Gasteiger charge is -2.18. The van der Waals surface area contributed by atoms with E-state index in [-0.39, 0.29) is 6.42 Å². The fraction of sp³-hybridized carbons (Fsp3) is 0.276. The molecular formula is C29H28F2N2O7. The van der Waals surface area contributed by atoms with Crippen LogP contribution in [0.25, 0.3) is 22.2 Å². The number of aliphatic carboxylic acids is 1. The maximum atomic E-state index is 14.1. The first-order valence-corrected chi connectivity index (χ1v) is 12.4. The van der Waals surface area contributed by atoms with Crippen LogP contribution in [-0.4, -0.2) is 48.8 Å². The average Bonchev–Trinajstić information content (AvgIpc) is 3.32. The van der Waals surface area contributed by atoms with E-state index >= 15 is 0 Å². The Morgan fingerprint density at radius 3 is 2.30 bits per heavy atom. The van der Waals surface area contributed by atoms with E-state index in [1.165, 1.54) is 14.2 Å². The molecule has 1 heterocycles. The van der Waals surface area contributed by atoms with Crippen LogP contribution in [0.3, 0.4) is 0 Å². The van der Waals surface area contributed by atoms with Crippen molar-refractivity contribution in [2.45, 2.75) is 32.9 Å². The molecule has 40 heavy (non-hydrogen) atoms. The van der Waals surface area contributed by atoms with Crippen molar-refractivity contribution in [2.24, 2.45) is 0 Å². The van der Waals surface area contributed by atoms with Gasteiger partial charge in [0.2, 0.25) is 0 Å². The van der Waals surface area contributed by atoms with Crippen LogP contribution in [0.5, 0.6) is 11.5 Å². The number of hydrogen-bond donors (Lipinski definition) is 2. The number of rotatable bonds is 11. The molecule has 0 radical (unpaired) electrons. The van der Waals surface area contributed by atoms with E-state index in [9.17, 15) is 23.5 Å². The molecule has 1 aromatic heterocycles. The molecule has 11 heteroatoms. The highest BCUT2D eigenvalue weighted by atomic mass is 19.1. The lowest BCUT2D eigenvalue weighted by molar-refractivity contribution is -0.139. The van der Waals surface area contributed by atoms with Gasteiger partial charge in [0.25, 0.3) is 5.91 Å². The molecule has 4 aromatic rings. The van der Waals surface area contributed by atoms with Gasteiger partial charge in [-0.15, -0.1) is 0 Å². The number of carboxylic acids is 1. The summed E-state index contributed by atoms with van der Waals surface area (Å²) in [6.45, 7) is 4.44. The van der Waals surface area contributed by atoms with Gasteiger partial charge in [-0.2, -0.15) is 0 Å². The minimum Gasteiger partial charge on any atom is -0.496 e. The number of hydrogen-bond acceptors (Lipinski definition) is 7. The molecule has 0 spiro atoms. The Balaban J connectivity index is 1.75. The third kappa shape index (κ3) is 5.74. The first kappa shape index (κ1) is 28.5. The van der Waals surface area contributed by atoms with Crippen LogP contribution in [0.1, 0.15) is 34.3 Å². The third-order valence-corrected chi connectivity index (χ3v) is 6.26. The molecule has 2 N–H and O–H groups in total. The minimum atomic E-state index is -1.51. The number of ether oxygens (including phenoxy) is 3. The summed E-state index contributed by atoms with van der Waals surface area (Å²) in [7, 11) is 3.05. The number of nitrogens with zero attached hydrogens (tertiary/aromatic N) is 1. The molecule has 1 atom stereocenters. The van der Waals surface area contributed by atoms with Crippen molar-refractivity contribution in [3.8, 4) is 22.6 Å². The Labute approximate surface area is 228 Å². The summed E-state index contributed by atoms with van der Waals surface area (Å²) in [6.07, 6.45) is -0.235. The number of halogens is 2. The largest absolute Gasteiger partial charge is 0.496 e. The number of methoxy groups -OCH3 is 2. The Morgan fingerprint density at radius 2 is 1.73 bits per heavy atom. The van der Waals surface area contributed by atoms with Crippen molar-refractivity contribution < 1.29 is 42.1 Å². The van der Waals surface area contributed by atoms with E-state index in [2.05, 4.69) is 10.3 Å². The predicted molar refractivity (Wildman–Crippen MR) is 142 cm³/mol. The van der Waals surface area contributed by atoms with Crippen molar-refractivity contribution in [1.29, 1.82) is 0 Å². The van der Waals surface area contributed by atoms with E-state index < -0.39 is 35.1 Å². The molecule has 9 nitrogen and oxygen atoms in total. The van der Waals surface area contributed by atoms with E-state index in [1.54, 1.807) is 19.1 Å². The van der Waals surface area contributed by atoms with E-state index in [1.807, 2.05) is 19.1 Å². The lowest BCUT2D eigenvalue weighted by atomic mass is 9.96. The molecule has 0 fully saturated rings. The van der Waals surface area contributed by atoms with Gasteiger partial charge >= 0.3 is 5.97 Å². The van der Waals surface area contributed by atoms with Crippen LogP contribution in [0.4, 0.5) is 8.78 Å². The van der Waals surface area contributed by atoms with Gasteiger partial charge in [0.15, 0.2) is 11.5 Å². The molecule has 0 aliphatic rings. The Kier molecular flexibility index (Phi) is 8.64. The van der Waals surface area contributed by atoms with Crippen LogP contribution >= 0.6 is 0 Å². The maximum Gasteiger partial charge on any atom is 0.326 e. The maximum absolute atomic E-state index is 14.1. The first-order chi connectivity index (χ1) is 19.2. The summed E-state index contributed by atoms with van der Waals surface area (Å²) < 4.78 is 51.0.